The van der Waals surface area contributed by atoms with Crippen molar-refractivity contribution in [3.63, 3.8) is 0 Å². The van der Waals surface area contributed by atoms with Gasteiger partial charge in [0.1, 0.15) is 0 Å². The molecule has 0 saturated heterocycles. The van der Waals surface area contributed by atoms with Gasteiger partial charge in [0.15, 0.2) is 5.03 Å². The Labute approximate surface area is 110 Å². The van der Waals surface area contributed by atoms with Gasteiger partial charge in [0.2, 0.25) is 0 Å². The monoisotopic (exact) mass is 288 g/mol. The first-order chi connectivity index (χ1) is 8.50. The van der Waals surface area contributed by atoms with Crippen molar-refractivity contribution in [1.29, 1.82) is 0 Å². The molecule has 2 heterocycles. The first kappa shape index (κ1) is 13.1. The first-order valence-corrected chi connectivity index (χ1v) is 7.77. The quantitative estimate of drug-likeness (QED) is 0.781. The number of nitrogens with zero attached hydrogens (tertiary/aromatic N) is 4. The Morgan fingerprint density at radius 3 is 2.78 bits per heavy atom. The Balaban J connectivity index is 2.19. The summed E-state index contributed by atoms with van der Waals surface area (Å²) in [6.07, 6.45) is 7.37. The van der Waals surface area contributed by atoms with Gasteiger partial charge in [0, 0.05) is 29.6 Å². The minimum absolute atomic E-state index is 0.134. The van der Waals surface area contributed by atoms with Crippen LogP contribution in [-0.4, -0.2) is 27.5 Å². The third-order valence-corrected chi connectivity index (χ3v) is 3.65. The van der Waals surface area contributed by atoms with Crippen molar-refractivity contribution >= 4 is 19.7 Å². The second kappa shape index (κ2) is 5.11. The number of aryl methyl sites for hydroxylation is 1. The molecule has 0 fully saturated rings. The molecular weight excluding hydrogens is 276 g/mol. The number of aromatic nitrogens is 4. The fourth-order valence-electron chi connectivity index (χ4n) is 1.66. The van der Waals surface area contributed by atoms with Crippen molar-refractivity contribution in [2.24, 2.45) is 0 Å². The van der Waals surface area contributed by atoms with Gasteiger partial charge >= 0.3 is 0 Å². The summed E-state index contributed by atoms with van der Waals surface area (Å²) in [6, 6.07) is 0. The van der Waals surface area contributed by atoms with Crippen molar-refractivity contribution in [2.75, 3.05) is 0 Å². The van der Waals surface area contributed by atoms with Gasteiger partial charge in [-0.3, -0.25) is 0 Å². The van der Waals surface area contributed by atoms with Gasteiger partial charge in [-0.25, -0.2) is 18.4 Å². The Kier molecular flexibility index (Phi) is 3.72. The Hall–Kier alpha value is -1.34. The van der Waals surface area contributed by atoms with Gasteiger partial charge in [0.05, 0.1) is 24.9 Å². The fourth-order valence-corrected chi connectivity index (χ4v) is 2.33. The van der Waals surface area contributed by atoms with Crippen LogP contribution in [-0.2, 0) is 22.1 Å². The number of hydrogen-bond acceptors (Lipinski definition) is 4. The van der Waals surface area contributed by atoms with Gasteiger partial charge in [-0.2, -0.15) is 0 Å². The third kappa shape index (κ3) is 2.91. The molecule has 0 bridgehead atoms. The molecule has 0 atom stereocenters. The van der Waals surface area contributed by atoms with Gasteiger partial charge in [-0.15, -0.1) is 0 Å². The lowest BCUT2D eigenvalue weighted by atomic mass is 10.4. The van der Waals surface area contributed by atoms with Crippen molar-refractivity contribution < 1.29 is 8.42 Å². The lowest BCUT2D eigenvalue weighted by Crippen LogP contribution is -2.05. The van der Waals surface area contributed by atoms with Crippen LogP contribution in [0.1, 0.15) is 19.0 Å². The summed E-state index contributed by atoms with van der Waals surface area (Å²) >= 11 is 0. The second-order valence-electron chi connectivity index (χ2n) is 3.90. The number of imidazole rings is 2. The Morgan fingerprint density at radius 2 is 2.17 bits per heavy atom. The highest BCUT2D eigenvalue weighted by molar-refractivity contribution is 8.13. The summed E-state index contributed by atoms with van der Waals surface area (Å²) in [6.45, 7) is 3.48. The molecule has 0 aliphatic heterocycles. The van der Waals surface area contributed by atoms with E-state index < -0.39 is 9.05 Å². The maximum atomic E-state index is 11.1. The van der Waals surface area contributed by atoms with Crippen molar-refractivity contribution in [3.05, 3.63) is 30.7 Å². The van der Waals surface area contributed by atoms with E-state index in [0.29, 0.717) is 6.54 Å². The largest absolute Gasteiger partial charge is 0.333 e. The second-order valence-corrected chi connectivity index (χ2v) is 6.41. The highest BCUT2D eigenvalue weighted by Gasteiger charge is 2.13. The molecule has 0 radical (unpaired) electrons. The van der Waals surface area contributed by atoms with Gasteiger partial charge < -0.3 is 9.13 Å². The van der Waals surface area contributed by atoms with Crippen molar-refractivity contribution in [2.45, 2.75) is 31.5 Å². The first-order valence-electron chi connectivity index (χ1n) is 5.46. The summed E-state index contributed by atoms with van der Waals surface area (Å²) in [5, 5.41) is -0.134. The molecule has 0 N–H and O–H groups in total. The van der Waals surface area contributed by atoms with E-state index in [1.165, 1.54) is 12.5 Å². The van der Waals surface area contributed by atoms with Crippen LogP contribution in [0, 0.1) is 0 Å². The maximum Gasteiger partial charge on any atom is 0.280 e. The van der Waals surface area contributed by atoms with E-state index in [9.17, 15) is 8.42 Å². The molecule has 0 aliphatic carbocycles. The molecule has 2 rings (SSSR count). The Bertz CT molecular complexity index is 632. The molecule has 6 nitrogen and oxygen atoms in total. The number of hydrogen-bond donors (Lipinski definition) is 0. The van der Waals surface area contributed by atoms with E-state index in [1.54, 1.807) is 17.1 Å². The molecule has 8 heteroatoms. The fraction of sp³-hybridized carbons (Fsp3) is 0.400. The lowest BCUT2D eigenvalue weighted by molar-refractivity contribution is 0.606. The zero-order chi connectivity index (χ0) is 13.2. The van der Waals surface area contributed by atoms with Crippen LogP contribution in [0.25, 0.3) is 0 Å². The van der Waals surface area contributed by atoms with Gasteiger partial charge in [-0.1, -0.05) is 6.92 Å². The van der Waals surface area contributed by atoms with E-state index >= 15 is 0 Å². The molecule has 0 aliphatic rings. The summed E-state index contributed by atoms with van der Waals surface area (Å²) in [7, 11) is 1.45. The highest BCUT2D eigenvalue weighted by atomic mass is 35.7. The zero-order valence-corrected chi connectivity index (χ0v) is 11.4. The SMILES string of the molecule is CCCn1cncc1Cn1cnc(S(=O)(=O)Cl)c1. The molecule has 2 aromatic rings. The molecular formula is C10H13ClN4O2S. The predicted octanol–water partition coefficient (Wildman–Crippen LogP) is 1.47. The zero-order valence-electron chi connectivity index (χ0n) is 9.82. The van der Waals surface area contributed by atoms with E-state index in [-0.39, 0.29) is 5.03 Å². The van der Waals surface area contributed by atoms with E-state index in [1.807, 2.05) is 4.57 Å². The topological polar surface area (TPSA) is 69.8 Å². The van der Waals surface area contributed by atoms with Gasteiger partial charge in [-0.05, 0) is 6.42 Å². The van der Waals surface area contributed by atoms with E-state index in [2.05, 4.69) is 16.9 Å². The molecule has 0 spiro atoms. The molecule has 2 aromatic heterocycles. The van der Waals surface area contributed by atoms with E-state index in [0.717, 1.165) is 18.7 Å². The van der Waals surface area contributed by atoms with Crippen LogP contribution in [0.2, 0.25) is 0 Å². The molecule has 98 valence electrons. The minimum Gasteiger partial charge on any atom is -0.333 e. The predicted molar refractivity (Wildman–Crippen MR) is 66.9 cm³/mol. The summed E-state index contributed by atoms with van der Waals surface area (Å²) in [5.41, 5.74) is 0.993. The minimum atomic E-state index is -3.76. The Morgan fingerprint density at radius 1 is 1.39 bits per heavy atom. The van der Waals surface area contributed by atoms with Crippen LogP contribution in [0.3, 0.4) is 0 Å². The van der Waals surface area contributed by atoms with E-state index in [4.69, 9.17) is 10.7 Å². The average molecular weight is 289 g/mol. The van der Waals surface area contributed by atoms with Crippen LogP contribution in [0.5, 0.6) is 0 Å². The smallest absolute Gasteiger partial charge is 0.280 e. The lowest BCUT2D eigenvalue weighted by Gasteiger charge is -2.06. The normalized spacial score (nSPS) is 11.9. The summed E-state index contributed by atoms with van der Waals surface area (Å²) in [4.78, 5) is 7.83. The molecule has 18 heavy (non-hydrogen) atoms. The highest BCUT2D eigenvalue weighted by Crippen LogP contribution is 2.12. The molecule has 0 unspecified atom stereocenters. The molecule has 0 amide bonds. The molecule has 0 saturated carbocycles. The number of rotatable bonds is 5. The standard InChI is InChI=1S/C10H13ClN4O2S/c1-2-3-15-7-12-4-9(15)5-14-6-10(13-8-14)18(11,16)17/h4,6-8H,2-3,5H2,1H3. The average Bonchev–Trinajstić information content (AvgIpc) is 2.89. The van der Waals surface area contributed by atoms with Crippen LogP contribution in [0.15, 0.2) is 30.1 Å². The molecule has 0 aromatic carbocycles. The third-order valence-electron chi connectivity index (χ3n) is 2.47. The van der Waals surface area contributed by atoms with Crippen molar-refractivity contribution in [3.8, 4) is 0 Å². The number of halogens is 1. The van der Waals surface area contributed by atoms with Gasteiger partial charge in [0.25, 0.3) is 9.05 Å². The van der Waals surface area contributed by atoms with Crippen molar-refractivity contribution in [1.82, 2.24) is 19.1 Å². The summed E-state index contributed by atoms with van der Waals surface area (Å²) < 4.78 is 25.9. The van der Waals surface area contributed by atoms with Crippen LogP contribution < -0.4 is 0 Å². The summed E-state index contributed by atoms with van der Waals surface area (Å²) in [5.74, 6) is 0. The van der Waals surface area contributed by atoms with Crippen LogP contribution in [0.4, 0.5) is 0 Å². The van der Waals surface area contributed by atoms with Crippen LogP contribution >= 0.6 is 10.7 Å². The maximum absolute atomic E-state index is 11.1.